The summed E-state index contributed by atoms with van der Waals surface area (Å²) in [5.41, 5.74) is 1.88. The zero-order valence-corrected chi connectivity index (χ0v) is 12.8. The Bertz CT molecular complexity index is 745. The number of carbonyl (C=O) groups excluding carboxylic acids is 1. The first-order valence-corrected chi connectivity index (χ1v) is 7.20. The summed E-state index contributed by atoms with van der Waals surface area (Å²) in [4.78, 5) is 18.3. The highest BCUT2D eigenvalue weighted by Crippen LogP contribution is 2.29. The first kappa shape index (κ1) is 15.4. The second-order valence-electron chi connectivity index (χ2n) is 5.27. The number of anilines is 1. The van der Waals surface area contributed by atoms with E-state index in [4.69, 9.17) is 4.74 Å². The Hall–Kier alpha value is -2.51. The van der Waals surface area contributed by atoms with Gasteiger partial charge in [0.1, 0.15) is 12.3 Å². The molecule has 0 spiro atoms. The summed E-state index contributed by atoms with van der Waals surface area (Å²) >= 11 is 0. The number of aromatic nitrogens is 3. The number of fused-ring (bicyclic) bond motifs is 1. The third-order valence-electron chi connectivity index (χ3n) is 3.88. The van der Waals surface area contributed by atoms with Gasteiger partial charge in [0.25, 0.3) is 0 Å². The molecule has 2 aromatic heterocycles. The van der Waals surface area contributed by atoms with E-state index in [9.17, 15) is 13.6 Å². The summed E-state index contributed by atoms with van der Waals surface area (Å²) in [6.07, 6.45) is 1.60. The van der Waals surface area contributed by atoms with Crippen LogP contribution in [0.1, 0.15) is 23.5 Å². The van der Waals surface area contributed by atoms with E-state index in [1.807, 2.05) is 0 Å². The molecule has 0 saturated carbocycles. The minimum atomic E-state index is -2.72. The number of carbonyl (C=O) groups is 1. The van der Waals surface area contributed by atoms with Gasteiger partial charge in [-0.05, 0) is 26.0 Å². The highest BCUT2D eigenvalue weighted by molar-refractivity contribution is 5.96. The molecule has 1 amide bonds. The van der Waals surface area contributed by atoms with E-state index in [-0.39, 0.29) is 12.3 Å². The molecule has 0 unspecified atom stereocenters. The number of ether oxygens (including phenoxy) is 1. The van der Waals surface area contributed by atoms with E-state index in [1.165, 1.54) is 0 Å². The van der Waals surface area contributed by atoms with Crippen molar-refractivity contribution in [2.75, 3.05) is 18.1 Å². The van der Waals surface area contributed by atoms with Gasteiger partial charge in [-0.3, -0.25) is 4.79 Å². The van der Waals surface area contributed by atoms with Crippen LogP contribution in [0.3, 0.4) is 0 Å². The monoisotopic (exact) mass is 322 g/mol. The van der Waals surface area contributed by atoms with Gasteiger partial charge >= 0.3 is 6.55 Å². The Morgan fingerprint density at radius 1 is 1.43 bits per heavy atom. The molecule has 1 aliphatic heterocycles. The van der Waals surface area contributed by atoms with Gasteiger partial charge in [-0.15, -0.1) is 0 Å². The maximum atomic E-state index is 12.9. The molecule has 0 atom stereocenters. The van der Waals surface area contributed by atoms with Crippen molar-refractivity contribution in [1.29, 1.82) is 0 Å². The van der Waals surface area contributed by atoms with Gasteiger partial charge in [-0.2, -0.15) is 13.9 Å². The molecule has 0 bridgehead atoms. The maximum Gasteiger partial charge on any atom is 0.333 e. The molecule has 0 aliphatic carbocycles. The SMILES string of the molecule is Cc1nn(C(F)F)c(C)c1CC(=O)N1CCOc2ncccc21. The molecule has 0 fully saturated rings. The number of rotatable bonds is 3. The van der Waals surface area contributed by atoms with E-state index in [1.54, 1.807) is 37.1 Å². The maximum absolute atomic E-state index is 12.9. The van der Waals surface area contributed by atoms with Crippen molar-refractivity contribution in [3.05, 3.63) is 35.3 Å². The lowest BCUT2D eigenvalue weighted by Gasteiger charge is -2.28. The lowest BCUT2D eigenvalue weighted by atomic mass is 10.1. The van der Waals surface area contributed by atoms with Gasteiger partial charge in [0.2, 0.25) is 11.8 Å². The fourth-order valence-corrected chi connectivity index (χ4v) is 2.70. The second kappa shape index (κ2) is 5.94. The Balaban J connectivity index is 1.86. The molecular formula is C15H16F2N4O2. The number of amides is 1. The molecule has 0 N–H and O–H groups in total. The molecule has 6 nitrogen and oxygen atoms in total. The van der Waals surface area contributed by atoms with Gasteiger partial charge in [-0.1, -0.05) is 0 Å². The van der Waals surface area contributed by atoms with Crippen LogP contribution in [0, 0.1) is 13.8 Å². The molecular weight excluding hydrogens is 306 g/mol. The number of hydrogen-bond donors (Lipinski definition) is 0. The quantitative estimate of drug-likeness (QED) is 0.870. The lowest BCUT2D eigenvalue weighted by molar-refractivity contribution is -0.118. The first-order chi connectivity index (χ1) is 11.0. The Labute approximate surface area is 131 Å². The first-order valence-electron chi connectivity index (χ1n) is 7.20. The number of halogens is 2. The van der Waals surface area contributed by atoms with Crippen LogP contribution in [0.25, 0.3) is 0 Å². The van der Waals surface area contributed by atoms with E-state index in [2.05, 4.69) is 10.1 Å². The smallest absolute Gasteiger partial charge is 0.333 e. The highest BCUT2D eigenvalue weighted by atomic mass is 19.3. The fraction of sp³-hybridized carbons (Fsp3) is 0.400. The van der Waals surface area contributed by atoms with Crippen molar-refractivity contribution < 1.29 is 18.3 Å². The zero-order valence-electron chi connectivity index (χ0n) is 12.8. The van der Waals surface area contributed by atoms with Crippen LogP contribution in [0.2, 0.25) is 0 Å². The van der Waals surface area contributed by atoms with Crippen molar-refractivity contribution in [3.8, 4) is 5.88 Å². The summed E-state index contributed by atoms with van der Waals surface area (Å²) in [5, 5.41) is 3.81. The summed E-state index contributed by atoms with van der Waals surface area (Å²) in [7, 11) is 0. The van der Waals surface area contributed by atoms with Crippen molar-refractivity contribution >= 4 is 11.6 Å². The minimum Gasteiger partial charge on any atom is -0.474 e. The van der Waals surface area contributed by atoms with Gasteiger partial charge < -0.3 is 9.64 Å². The molecule has 23 heavy (non-hydrogen) atoms. The summed E-state index contributed by atoms with van der Waals surface area (Å²) in [6.45, 7) is 1.21. The van der Waals surface area contributed by atoms with Crippen LogP contribution >= 0.6 is 0 Å². The lowest BCUT2D eigenvalue weighted by Crippen LogP contribution is -2.39. The highest BCUT2D eigenvalue weighted by Gasteiger charge is 2.27. The van der Waals surface area contributed by atoms with Crippen molar-refractivity contribution in [1.82, 2.24) is 14.8 Å². The van der Waals surface area contributed by atoms with E-state index < -0.39 is 6.55 Å². The normalized spacial score (nSPS) is 13.9. The minimum absolute atomic E-state index is 0.0126. The average molecular weight is 322 g/mol. The molecule has 2 aromatic rings. The van der Waals surface area contributed by atoms with Crippen LogP contribution in [-0.2, 0) is 11.2 Å². The predicted octanol–water partition coefficient (Wildman–Crippen LogP) is 2.26. The molecule has 0 saturated heterocycles. The summed E-state index contributed by atoms with van der Waals surface area (Å²) in [5.74, 6) is 0.214. The largest absolute Gasteiger partial charge is 0.474 e. The fourth-order valence-electron chi connectivity index (χ4n) is 2.70. The van der Waals surface area contributed by atoms with Crippen LogP contribution < -0.4 is 9.64 Å². The van der Waals surface area contributed by atoms with Gasteiger partial charge in [0, 0.05) is 17.5 Å². The Morgan fingerprint density at radius 3 is 2.91 bits per heavy atom. The number of nitrogens with zero attached hydrogens (tertiary/aromatic N) is 4. The Kier molecular flexibility index (Phi) is 3.97. The van der Waals surface area contributed by atoms with Crippen LogP contribution in [0.15, 0.2) is 18.3 Å². The van der Waals surface area contributed by atoms with Crippen molar-refractivity contribution in [2.24, 2.45) is 0 Å². The molecule has 0 radical (unpaired) electrons. The standard InChI is InChI=1S/C15H16F2N4O2/c1-9-11(10(2)21(19-9)15(16)17)8-13(22)20-6-7-23-14-12(20)4-3-5-18-14/h3-5,15H,6-8H2,1-2H3. The summed E-state index contributed by atoms with van der Waals surface area (Å²) < 4.78 is 31.8. The van der Waals surface area contributed by atoms with Gasteiger partial charge in [0.15, 0.2) is 0 Å². The van der Waals surface area contributed by atoms with Crippen LogP contribution in [0.5, 0.6) is 5.88 Å². The predicted molar refractivity (Wildman–Crippen MR) is 78.7 cm³/mol. The van der Waals surface area contributed by atoms with Crippen LogP contribution in [0.4, 0.5) is 14.5 Å². The van der Waals surface area contributed by atoms with Crippen molar-refractivity contribution in [2.45, 2.75) is 26.8 Å². The van der Waals surface area contributed by atoms with E-state index in [0.29, 0.717) is 46.4 Å². The number of alkyl halides is 2. The average Bonchev–Trinajstić information content (AvgIpc) is 2.82. The molecule has 8 heteroatoms. The molecule has 3 heterocycles. The number of aryl methyl sites for hydroxylation is 1. The van der Waals surface area contributed by atoms with Crippen molar-refractivity contribution in [3.63, 3.8) is 0 Å². The topological polar surface area (TPSA) is 60.2 Å². The van der Waals surface area contributed by atoms with Gasteiger partial charge in [-0.25, -0.2) is 9.67 Å². The molecule has 0 aromatic carbocycles. The van der Waals surface area contributed by atoms with Gasteiger partial charge in [0.05, 0.1) is 18.7 Å². The zero-order chi connectivity index (χ0) is 16.6. The third-order valence-corrected chi connectivity index (χ3v) is 3.88. The van der Waals surface area contributed by atoms with E-state index >= 15 is 0 Å². The van der Waals surface area contributed by atoms with Crippen LogP contribution in [-0.4, -0.2) is 33.8 Å². The number of hydrogen-bond acceptors (Lipinski definition) is 4. The molecule has 1 aliphatic rings. The number of pyridine rings is 1. The second-order valence-corrected chi connectivity index (χ2v) is 5.27. The third kappa shape index (κ3) is 2.76. The van der Waals surface area contributed by atoms with E-state index in [0.717, 1.165) is 0 Å². The molecule has 122 valence electrons. The molecule has 3 rings (SSSR count). The Morgan fingerprint density at radius 2 is 2.22 bits per heavy atom. The summed E-state index contributed by atoms with van der Waals surface area (Å²) in [6, 6.07) is 3.47.